The van der Waals surface area contributed by atoms with Crippen LogP contribution in [0.4, 0.5) is 0 Å². The standard InChI is InChI=1S/C18H22N4O.ClH/c23-18(21-12-5-10-19-11-13-21)17-15-8-4-9-16(15)22(20-17)14-6-2-1-3-7-14;/h1-3,6-7,19H,4-5,8-13H2;1H. The van der Waals surface area contributed by atoms with Gasteiger partial charge in [0.25, 0.3) is 5.91 Å². The maximum atomic E-state index is 13.0. The average molecular weight is 347 g/mol. The number of nitrogens with one attached hydrogen (secondary N) is 1. The maximum absolute atomic E-state index is 13.0. The second-order valence-electron chi connectivity index (χ2n) is 6.27. The van der Waals surface area contributed by atoms with Gasteiger partial charge in [0.15, 0.2) is 5.69 Å². The number of carbonyl (C=O) groups excluding carboxylic acids is 1. The second-order valence-corrected chi connectivity index (χ2v) is 6.27. The molecule has 128 valence electrons. The summed E-state index contributed by atoms with van der Waals surface area (Å²) in [5, 5.41) is 8.06. The number of aromatic nitrogens is 2. The fourth-order valence-corrected chi connectivity index (χ4v) is 3.59. The van der Waals surface area contributed by atoms with Crippen molar-refractivity contribution in [3.8, 4) is 5.69 Å². The molecule has 4 rings (SSSR count). The van der Waals surface area contributed by atoms with E-state index < -0.39 is 0 Å². The molecule has 2 aliphatic rings. The van der Waals surface area contributed by atoms with Gasteiger partial charge in [-0.25, -0.2) is 4.68 Å². The van der Waals surface area contributed by atoms with E-state index in [1.165, 1.54) is 5.69 Å². The molecule has 0 spiro atoms. The van der Waals surface area contributed by atoms with Gasteiger partial charge in [0.2, 0.25) is 0 Å². The highest BCUT2D eigenvalue weighted by Gasteiger charge is 2.29. The minimum atomic E-state index is 0. The van der Waals surface area contributed by atoms with Crippen LogP contribution in [0.1, 0.15) is 34.6 Å². The van der Waals surface area contributed by atoms with Crippen molar-refractivity contribution in [3.05, 3.63) is 47.3 Å². The lowest BCUT2D eigenvalue weighted by Crippen LogP contribution is -2.35. The number of para-hydroxylation sites is 1. The first-order valence-corrected chi connectivity index (χ1v) is 8.51. The number of carbonyl (C=O) groups is 1. The molecular formula is C18H23ClN4O. The van der Waals surface area contributed by atoms with Crippen LogP contribution in [0.25, 0.3) is 5.69 Å². The molecule has 24 heavy (non-hydrogen) atoms. The van der Waals surface area contributed by atoms with E-state index in [0.717, 1.165) is 63.1 Å². The first kappa shape index (κ1) is 17.0. The van der Waals surface area contributed by atoms with E-state index in [1.807, 2.05) is 27.8 Å². The molecule has 6 heteroatoms. The monoisotopic (exact) mass is 346 g/mol. The molecular weight excluding hydrogens is 324 g/mol. The maximum Gasteiger partial charge on any atom is 0.274 e. The van der Waals surface area contributed by atoms with Crippen LogP contribution in [-0.2, 0) is 12.8 Å². The van der Waals surface area contributed by atoms with Crippen molar-refractivity contribution in [2.45, 2.75) is 25.7 Å². The molecule has 5 nitrogen and oxygen atoms in total. The Morgan fingerprint density at radius 2 is 1.88 bits per heavy atom. The highest BCUT2D eigenvalue weighted by molar-refractivity contribution is 5.94. The number of hydrogen-bond donors (Lipinski definition) is 1. The zero-order valence-electron chi connectivity index (χ0n) is 13.7. The van der Waals surface area contributed by atoms with Crippen LogP contribution < -0.4 is 5.32 Å². The van der Waals surface area contributed by atoms with E-state index in [1.54, 1.807) is 0 Å². The number of hydrogen-bond acceptors (Lipinski definition) is 3. The predicted molar refractivity (Wildman–Crippen MR) is 96.2 cm³/mol. The Labute approximate surface area is 148 Å². The van der Waals surface area contributed by atoms with Gasteiger partial charge in [-0.05, 0) is 44.4 Å². The van der Waals surface area contributed by atoms with Crippen molar-refractivity contribution < 1.29 is 4.79 Å². The van der Waals surface area contributed by atoms with Crippen LogP contribution in [0.15, 0.2) is 30.3 Å². The number of halogens is 1. The van der Waals surface area contributed by atoms with Crippen molar-refractivity contribution in [3.63, 3.8) is 0 Å². The van der Waals surface area contributed by atoms with Crippen LogP contribution in [0.2, 0.25) is 0 Å². The van der Waals surface area contributed by atoms with Crippen LogP contribution in [0.5, 0.6) is 0 Å². The van der Waals surface area contributed by atoms with Crippen LogP contribution in [-0.4, -0.2) is 46.8 Å². The first-order valence-electron chi connectivity index (χ1n) is 8.51. The molecule has 2 heterocycles. The van der Waals surface area contributed by atoms with Crippen molar-refractivity contribution >= 4 is 18.3 Å². The molecule has 2 aromatic rings. The summed E-state index contributed by atoms with van der Waals surface area (Å²) in [5.74, 6) is 0.0986. The summed E-state index contributed by atoms with van der Waals surface area (Å²) in [4.78, 5) is 14.9. The lowest BCUT2D eigenvalue weighted by molar-refractivity contribution is 0.0759. The third-order valence-corrected chi connectivity index (χ3v) is 4.76. The first-order chi connectivity index (χ1) is 11.3. The largest absolute Gasteiger partial charge is 0.336 e. The highest BCUT2D eigenvalue weighted by atomic mass is 35.5. The molecule has 1 aromatic carbocycles. The minimum Gasteiger partial charge on any atom is -0.336 e. The van der Waals surface area contributed by atoms with E-state index in [-0.39, 0.29) is 18.3 Å². The normalized spacial score (nSPS) is 17.1. The van der Waals surface area contributed by atoms with Gasteiger partial charge in [-0.1, -0.05) is 18.2 Å². The summed E-state index contributed by atoms with van der Waals surface area (Å²) in [5.41, 5.74) is 4.09. The Hall–Kier alpha value is -1.85. The van der Waals surface area contributed by atoms with Crippen molar-refractivity contribution in [1.82, 2.24) is 20.0 Å². The van der Waals surface area contributed by atoms with Crippen LogP contribution in [0.3, 0.4) is 0 Å². The van der Waals surface area contributed by atoms with Crippen molar-refractivity contribution in [2.75, 3.05) is 26.2 Å². The van der Waals surface area contributed by atoms with E-state index >= 15 is 0 Å². The van der Waals surface area contributed by atoms with E-state index in [0.29, 0.717) is 5.69 Å². The number of rotatable bonds is 2. The number of amides is 1. The summed E-state index contributed by atoms with van der Waals surface area (Å²) in [6.07, 6.45) is 4.09. The van der Waals surface area contributed by atoms with Gasteiger partial charge >= 0.3 is 0 Å². The van der Waals surface area contributed by atoms with Gasteiger partial charge in [-0.15, -0.1) is 12.4 Å². The van der Waals surface area contributed by atoms with Crippen LogP contribution in [0, 0.1) is 0 Å². The SMILES string of the molecule is Cl.O=C(c1nn(-c2ccccc2)c2c1CCC2)N1CCCNCC1. The van der Waals surface area contributed by atoms with E-state index in [9.17, 15) is 4.79 Å². The topological polar surface area (TPSA) is 50.2 Å². The Kier molecular flexibility index (Phi) is 5.21. The quantitative estimate of drug-likeness (QED) is 0.907. The Morgan fingerprint density at radius 1 is 1.04 bits per heavy atom. The third kappa shape index (κ3) is 3.06. The molecule has 0 radical (unpaired) electrons. The van der Waals surface area contributed by atoms with Gasteiger partial charge in [0, 0.05) is 30.9 Å². The third-order valence-electron chi connectivity index (χ3n) is 4.76. The van der Waals surface area contributed by atoms with Gasteiger partial charge in [-0.3, -0.25) is 4.79 Å². The van der Waals surface area contributed by atoms with Crippen molar-refractivity contribution in [2.24, 2.45) is 0 Å². The molecule has 1 fully saturated rings. The summed E-state index contributed by atoms with van der Waals surface area (Å²) in [6, 6.07) is 10.1. The predicted octanol–water partition coefficient (Wildman–Crippen LogP) is 2.22. The molecule has 1 aliphatic carbocycles. The molecule has 1 aromatic heterocycles. The summed E-state index contributed by atoms with van der Waals surface area (Å²) in [7, 11) is 0. The molecule has 0 bridgehead atoms. The molecule has 0 atom stereocenters. The number of benzene rings is 1. The second kappa shape index (κ2) is 7.36. The molecule has 1 N–H and O–H groups in total. The molecule has 0 unspecified atom stereocenters. The number of fused-ring (bicyclic) bond motifs is 1. The fourth-order valence-electron chi connectivity index (χ4n) is 3.59. The molecule has 1 saturated heterocycles. The van der Waals surface area contributed by atoms with Crippen LogP contribution >= 0.6 is 12.4 Å². The Bertz CT molecular complexity index is 705. The van der Waals surface area contributed by atoms with Crippen molar-refractivity contribution in [1.29, 1.82) is 0 Å². The zero-order chi connectivity index (χ0) is 15.6. The smallest absolute Gasteiger partial charge is 0.274 e. The van der Waals surface area contributed by atoms with E-state index in [2.05, 4.69) is 17.4 Å². The Balaban J connectivity index is 0.00000169. The van der Waals surface area contributed by atoms with Gasteiger partial charge in [-0.2, -0.15) is 5.10 Å². The lowest BCUT2D eigenvalue weighted by Gasteiger charge is -2.19. The molecule has 0 saturated carbocycles. The minimum absolute atomic E-state index is 0. The Morgan fingerprint density at radius 3 is 2.71 bits per heavy atom. The number of nitrogens with zero attached hydrogens (tertiary/aromatic N) is 3. The van der Waals surface area contributed by atoms with Gasteiger partial charge < -0.3 is 10.2 Å². The summed E-state index contributed by atoms with van der Waals surface area (Å²) < 4.78 is 1.98. The molecule has 1 aliphatic heterocycles. The molecule has 1 amide bonds. The average Bonchev–Trinajstić information content (AvgIpc) is 3.08. The highest BCUT2D eigenvalue weighted by Crippen LogP contribution is 2.28. The van der Waals surface area contributed by atoms with Gasteiger partial charge in [0.1, 0.15) is 0 Å². The summed E-state index contributed by atoms with van der Waals surface area (Å²) in [6.45, 7) is 3.44. The van der Waals surface area contributed by atoms with E-state index in [4.69, 9.17) is 5.10 Å². The summed E-state index contributed by atoms with van der Waals surface area (Å²) >= 11 is 0. The lowest BCUT2D eigenvalue weighted by atomic mass is 10.2. The fraction of sp³-hybridized carbons (Fsp3) is 0.444. The van der Waals surface area contributed by atoms with Gasteiger partial charge in [0.05, 0.1) is 5.69 Å². The zero-order valence-corrected chi connectivity index (χ0v) is 14.5.